The molecule has 0 heterocycles. The second kappa shape index (κ2) is 6.23. The molecule has 0 aromatic rings. The maximum absolute atomic E-state index is 12.1. The van der Waals surface area contributed by atoms with E-state index in [1.807, 2.05) is 0 Å². The van der Waals surface area contributed by atoms with Gasteiger partial charge in [0.2, 0.25) is 0 Å². The number of hydrogen-bond donors (Lipinski definition) is 1. The van der Waals surface area contributed by atoms with Crippen LogP contribution in [0.25, 0.3) is 0 Å². The van der Waals surface area contributed by atoms with Crippen molar-refractivity contribution in [2.75, 3.05) is 20.8 Å². The van der Waals surface area contributed by atoms with Gasteiger partial charge in [0.25, 0.3) is 0 Å². The van der Waals surface area contributed by atoms with Crippen LogP contribution in [0.3, 0.4) is 0 Å². The van der Waals surface area contributed by atoms with Crippen molar-refractivity contribution in [3.8, 4) is 0 Å². The number of rotatable bonds is 5. The number of amides is 1. The van der Waals surface area contributed by atoms with Crippen molar-refractivity contribution < 1.29 is 24.2 Å². The number of ether oxygens (including phenoxy) is 2. The summed E-state index contributed by atoms with van der Waals surface area (Å²) in [6, 6.07) is 0. The minimum Gasteiger partial charge on any atom is -0.479 e. The molecule has 0 aromatic carbocycles. The fraction of sp³-hybridized carbons (Fsp3) is 0.846. The van der Waals surface area contributed by atoms with E-state index in [0.29, 0.717) is 0 Å². The van der Waals surface area contributed by atoms with Crippen molar-refractivity contribution in [3.05, 3.63) is 0 Å². The zero-order valence-corrected chi connectivity index (χ0v) is 12.8. The minimum absolute atomic E-state index is 0.101. The quantitative estimate of drug-likeness (QED) is 0.830. The Kier molecular flexibility index (Phi) is 5.81. The van der Waals surface area contributed by atoms with Crippen LogP contribution in [-0.2, 0) is 14.3 Å². The first kappa shape index (κ1) is 17.7. The summed E-state index contributed by atoms with van der Waals surface area (Å²) in [5.41, 5.74) is -2.13. The van der Waals surface area contributed by atoms with Crippen LogP contribution >= 0.6 is 0 Å². The third-order valence-electron chi connectivity index (χ3n) is 2.96. The van der Waals surface area contributed by atoms with Gasteiger partial charge in [-0.15, -0.1) is 0 Å². The average molecular weight is 275 g/mol. The topological polar surface area (TPSA) is 76.1 Å². The summed E-state index contributed by atoms with van der Waals surface area (Å²) in [4.78, 5) is 24.8. The van der Waals surface area contributed by atoms with Crippen molar-refractivity contribution in [2.45, 2.75) is 45.8 Å². The monoisotopic (exact) mass is 275 g/mol. The van der Waals surface area contributed by atoms with E-state index in [1.54, 1.807) is 34.6 Å². The molecule has 0 spiro atoms. The predicted molar refractivity (Wildman–Crippen MR) is 71.1 cm³/mol. The molecule has 0 rings (SSSR count). The number of carboxylic acid groups (broad SMARTS) is 1. The first-order valence-corrected chi connectivity index (χ1v) is 6.18. The van der Waals surface area contributed by atoms with Crippen LogP contribution in [0, 0.1) is 5.92 Å². The van der Waals surface area contributed by atoms with Gasteiger partial charge >= 0.3 is 12.1 Å². The van der Waals surface area contributed by atoms with Crippen LogP contribution in [0.1, 0.15) is 34.6 Å². The molecule has 0 fully saturated rings. The van der Waals surface area contributed by atoms with Crippen molar-refractivity contribution in [3.63, 3.8) is 0 Å². The number of hydrogen-bond acceptors (Lipinski definition) is 4. The van der Waals surface area contributed by atoms with Crippen molar-refractivity contribution in [1.82, 2.24) is 4.90 Å². The number of carboxylic acids is 1. The third kappa shape index (κ3) is 4.09. The van der Waals surface area contributed by atoms with Crippen molar-refractivity contribution in [2.24, 2.45) is 5.92 Å². The van der Waals surface area contributed by atoms with Gasteiger partial charge in [-0.1, -0.05) is 13.8 Å². The smallest absolute Gasteiger partial charge is 0.411 e. The maximum Gasteiger partial charge on any atom is 0.411 e. The molecule has 0 aromatic heterocycles. The Morgan fingerprint density at radius 3 is 2.00 bits per heavy atom. The largest absolute Gasteiger partial charge is 0.479 e. The number of carbonyl (C=O) groups excluding carboxylic acids is 1. The van der Waals surface area contributed by atoms with Gasteiger partial charge in [0, 0.05) is 14.2 Å². The standard InChI is InChI=1S/C13H25NO5/c1-9(2)13(8-18-7,10(15)16)14(6)11(17)19-12(3,4)5/h9H,8H2,1-7H3,(H,15,16). The van der Waals surface area contributed by atoms with Gasteiger partial charge in [-0.25, -0.2) is 9.59 Å². The molecular weight excluding hydrogens is 250 g/mol. The Morgan fingerprint density at radius 1 is 1.26 bits per heavy atom. The fourth-order valence-corrected chi connectivity index (χ4v) is 1.82. The molecule has 0 aliphatic carbocycles. The number of nitrogens with zero attached hydrogens (tertiary/aromatic N) is 1. The van der Waals surface area contributed by atoms with E-state index in [2.05, 4.69) is 0 Å². The van der Waals surface area contributed by atoms with Gasteiger partial charge in [0.1, 0.15) is 5.60 Å². The number of aliphatic carboxylic acids is 1. The lowest BCUT2D eigenvalue weighted by Crippen LogP contribution is -2.62. The fourth-order valence-electron chi connectivity index (χ4n) is 1.82. The number of methoxy groups -OCH3 is 1. The minimum atomic E-state index is -1.45. The summed E-state index contributed by atoms with van der Waals surface area (Å²) < 4.78 is 10.2. The van der Waals surface area contributed by atoms with Crippen molar-refractivity contribution in [1.29, 1.82) is 0 Å². The summed E-state index contributed by atoms with van der Waals surface area (Å²) in [7, 11) is 2.82. The molecule has 0 saturated carbocycles. The second-order valence-corrected chi connectivity index (χ2v) is 5.86. The van der Waals surface area contributed by atoms with Gasteiger partial charge in [-0.2, -0.15) is 0 Å². The molecule has 6 nitrogen and oxygen atoms in total. The van der Waals surface area contributed by atoms with E-state index in [9.17, 15) is 14.7 Å². The molecule has 19 heavy (non-hydrogen) atoms. The van der Waals surface area contributed by atoms with Gasteiger partial charge in [0.05, 0.1) is 6.61 Å². The molecule has 0 radical (unpaired) electrons. The lowest BCUT2D eigenvalue weighted by Gasteiger charge is -2.41. The molecule has 1 unspecified atom stereocenters. The summed E-state index contributed by atoms with van der Waals surface area (Å²) in [6.45, 7) is 8.55. The van der Waals surface area contributed by atoms with E-state index < -0.39 is 23.2 Å². The van der Waals surface area contributed by atoms with Crippen LogP contribution in [0.4, 0.5) is 4.79 Å². The predicted octanol–water partition coefficient (Wildman–Crippen LogP) is 1.98. The molecule has 1 amide bonds. The van der Waals surface area contributed by atoms with E-state index in [0.717, 1.165) is 4.90 Å². The van der Waals surface area contributed by atoms with Crippen LogP contribution in [0.5, 0.6) is 0 Å². The third-order valence-corrected chi connectivity index (χ3v) is 2.96. The highest BCUT2D eigenvalue weighted by molar-refractivity contribution is 5.85. The second-order valence-electron chi connectivity index (χ2n) is 5.86. The molecular formula is C13H25NO5. The lowest BCUT2D eigenvalue weighted by atomic mass is 9.85. The molecule has 112 valence electrons. The van der Waals surface area contributed by atoms with E-state index >= 15 is 0 Å². The molecule has 6 heteroatoms. The maximum atomic E-state index is 12.1. The van der Waals surface area contributed by atoms with E-state index in [1.165, 1.54) is 14.2 Å². The van der Waals surface area contributed by atoms with Crippen molar-refractivity contribution >= 4 is 12.1 Å². The first-order valence-electron chi connectivity index (χ1n) is 6.18. The van der Waals surface area contributed by atoms with Gasteiger partial charge in [0.15, 0.2) is 5.54 Å². The van der Waals surface area contributed by atoms with E-state index in [-0.39, 0.29) is 12.5 Å². The molecule has 0 aliphatic rings. The van der Waals surface area contributed by atoms with E-state index in [4.69, 9.17) is 9.47 Å². The summed E-state index contributed by atoms with van der Waals surface area (Å²) in [5, 5.41) is 9.51. The normalized spacial score (nSPS) is 14.9. The zero-order chi connectivity index (χ0) is 15.4. The molecule has 0 saturated heterocycles. The van der Waals surface area contributed by atoms with Crippen LogP contribution < -0.4 is 0 Å². The highest BCUT2D eigenvalue weighted by Crippen LogP contribution is 2.27. The molecule has 1 N–H and O–H groups in total. The SMILES string of the molecule is COCC(C(=O)O)(C(C)C)N(C)C(=O)OC(C)(C)C. The van der Waals surface area contributed by atoms with Gasteiger partial charge in [-0.05, 0) is 26.7 Å². The molecule has 0 aliphatic heterocycles. The summed E-state index contributed by atoms with van der Waals surface area (Å²) >= 11 is 0. The zero-order valence-electron chi connectivity index (χ0n) is 12.8. The van der Waals surface area contributed by atoms with Gasteiger partial charge in [-0.3, -0.25) is 4.90 Å². The van der Waals surface area contributed by atoms with Crippen LogP contribution in [0.15, 0.2) is 0 Å². The van der Waals surface area contributed by atoms with Crippen LogP contribution in [0.2, 0.25) is 0 Å². The summed E-state index contributed by atoms with van der Waals surface area (Å²) in [6.07, 6.45) is -0.680. The molecule has 0 bridgehead atoms. The Labute approximate surface area is 114 Å². The molecule has 1 atom stereocenters. The Hall–Kier alpha value is -1.30. The van der Waals surface area contributed by atoms with Crippen LogP contribution in [-0.4, -0.2) is 54.0 Å². The summed E-state index contributed by atoms with van der Waals surface area (Å²) in [5.74, 6) is -1.44. The average Bonchev–Trinajstić information content (AvgIpc) is 2.21. The number of carbonyl (C=O) groups is 2. The lowest BCUT2D eigenvalue weighted by molar-refractivity contribution is -0.158. The highest BCUT2D eigenvalue weighted by atomic mass is 16.6. The first-order chi connectivity index (χ1) is 8.49. The Morgan fingerprint density at radius 2 is 1.74 bits per heavy atom. The number of likely N-dealkylation sites (N-methyl/N-ethyl adjacent to an activating group) is 1. The van der Waals surface area contributed by atoms with Gasteiger partial charge < -0.3 is 14.6 Å². The highest BCUT2D eigenvalue weighted by Gasteiger charge is 2.49. The Balaban J connectivity index is 5.38. The Bertz CT molecular complexity index is 334.